The van der Waals surface area contributed by atoms with Crippen molar-refractivity contribution in [2.75, 3.05) is 17.7 Å². The third-order valence-electron chi connectivity index (χ3n) is 4.88. The van der Waals surface area contributed by atoms with Crippen molar-refractivity contribution in [3.05, 3.63) is 71.0 Å². The lowest BCUT2D eigenvalue weighted by Gasteiger charge is -2.09. The molecule has 1 N–H and O–H groups in total. The molecule has 0 unspecified atom stereocenters. The second-order valence-corrected chi connectivity index (χ2v) is 9.60. The number of rotatable bonds is 12. The molecule has 0 aliphatic heterocycles. The molecule has 1 aromatic heterocycles. The van der Waals surface area contributed by atoms with Gasteiger partial charge in [-0.2, -0.15) is 0 Å². The third kappa shape index (κ3) is 7.63. The molecule has 0 bridgehead atoms. The van der Waals surface area contributed by atoms with Crippen molar-refractivity contribution in [3.8, 4) is 0 Å². The maximum Gasteiger partial charge on any atom is 0.338 e. The van der Waals surface area contributed by atoms with Crippen LogP contribution in [0.3, 0.4) is 0 Å². The topological polar surface area (TPSA) is 86.1 Å². The van der Waals surface area contributed by atoms with Crippen LogP contribution in [0, 0.1) is 6.92 Å². The highest BCUT2D eigenvalue weighted by molar-refractivity contribution is 7.99. The highest BCUT2D eigenvalue weighted by atomic mass is 32.2. The molecule has 34 heavy (non-hydrogen) atoms. The van der Waals surface area contributed by atoms with Crippen LogP contribution in [0.1, 0.15) is 47.6 Å². The van der Waals surface area contributed by atoms with Crippen molar-refractivity contribution >= 4 is 41.1 Å². The second-order valence-electron chi connectivity index (χ2n) is 7.68. The Morgan fingerprint density at radius 3 is 2.59 bits per heavy atom. The smallest absolute Gasteiger partial charge is 0.338 e. The summed E-state index contributed by atoms with van der Waals surface area (Å²) < 4.78 is 7.20. The van der Waals surface area contributed by atoms with E-state index in [-0.39, 0.29) is 11.7 Å². The van der Waals surface area contributed by atoms with Gasteiger partial charge in [-0.05, 0) is 44.0 Å². The van der Waals surface area contributed by atoms with Gasteiger partial charge in [0.05, 0.1) is 23.7 Å². The summed E-state index contributed by atoms with van der Waals surface area (Å²) in [6.45, 7) is 7.18. The van der Waals surface area contributed by atoms with E-state index in [1.165, 1.54) is 22.9 Å². The van der Waals surface area contributed by atoms with E-state index in [4.69, 9.17) is 4.74 Å². The fourth-order valence-corrected chi connectivity index (χ4v) is 4.87. The Balaban J connectivity index is 1.51. The van der Waals surface area contributed by atoms with E-state index in [1.54, 1.807) is 36.0 Å². The average molecular weight is 499 g/mol. The summed E-state index contributed by atoms with van der Waals surface area (Å²) in [4.78, 5) is 24.5. The van der Waals surface area contributed by atoms with Gasteiger partial charge in [-0.15, -0.1) is 22.0 Å². The van der Waals surface area contributed by atoms with Crippen LogP contribution in [-0.4, -0.2) is 39.0 Å². The number of carbonyl (C=O) groups excluding carboxylic acids is 2. The quantitative estimate of drug-likeness (QED) is 0.266. The number of carbonyl (C=O) groups is 2. The van der Waals surface area contributed by atoms with Crippen LogP contribution in [0.25, 0.3) is 0 Å². The van der Waals surface area contributed by atoms with Gasteiger partial charge < -0.3 is 14.6 Å². The van der Waals surface area contributed by atoms with Crippen LogP contribution in [0.15, 0.2) is 53.7 Å². The summed E-state index contributed by atoms with van der Waals surface area (Å²) in [7, 11) is 0. The monoisotopic (exact) mass is 498 g/mol. The van der Waals surface area contributed by atoms with Crippen molar-refractivity contribution < 1.29 is 14.3 Å². The molecule has 1 amide bonds. The number of ether oxygens (including phenoxy) is 1. The van der Waals surface area contributed by atoms with Crippen molar-refractivity contribution in [1.82, 2.24) is 14.8 Å². The molecule has 7 nitrogen and oxygen atoms in total. The Morgan fingerprint density at radius 2 is 1.85 bits per heavy atom. The van der Waals surface area contributed by atoms with Gasteiger partial charge in [0.25, 0.3) is 0 Å². The van der Waals surface area contributed by atoms with Crippen molar-refractivity contribution in [2.24, 2.45) is 0 Å². The van der Waals surface area contributed by atoms with E-state index in [9.17, 15) is 9.59 Å². The van der Waals surface area contributed by atoms with Gasteiger partial charge in [-0.1, -0.05) is 54.6 Å². The fraction of sp³-hybridized carbons (Fsp3) is 0.360. The molecular weight excluding hydrogens is 468 g/mol. The van der Waals surface area contributed by atoms with Crippen molar-refractivity contribution in [2.45, 2.75) is 50.4 Å². The zero-order valence-corrected chi connectivity index (χ0v) is 21.4. The first kappa shape index (κ1) is 25.8. The van der Waals surface area contributed by atoms with Gasteiger partial charge in [0.1, 0.15) is 5.82 Å². The summed E-state index contributed by atoms with van der Waals surface area (Å²) in [5.41, 5.74) is 3.51. The SMILES string of the molecule is CCCOC(=O)c1cccc(NC(=O)CSc2nnc(CSCc3ccc(C)cc3)n2CC)c1. The molecular formula is C25H30N4O3S2. The first-order valence-electron chi connectivity index (χ1n) is 11.2. The molecule has 0 spiro atoms. The lowest BCUT2D eigenvalue weighted by atomic mass is 10.2. The molecule has 9 heteroatoms. The second kappa shape index (κ2) is 13.2. The largest absolute Gasteiger partial charge is 0.462 e. The van der Waals surface area contributed by atoms with Crippen LogP contribution in [0.2, 0.25) is 0 Å². The third-order valence-corrected chi connectivity index (χ3v) is 6.85. The van der Waals surface area contributed by atoms with E-state index in [1.807, 2.05) is 18.4 Å². The molecule has 1 heterocycles. The van der Waals surface area contributed by atoms with Gasteiger partial charge in [0.15, 0.2) is 5.16 Å². The maximum atomic E-state index is 12.5. The summed E-state index contributed by atoms with van der Waals surface area (Å²) in [5, 5.41) is 12.2. The van der Waals surface area contributed by atoms with Gasteiger partial charge in [0.2, 0.25) is 5.91 Å². The number of aryl methyl sites for hydroxylation is 1. The molecule has 0 radical (unpaired) electrons. The summed E-state index contributed by atoms with van der Waals surface area (Å²) in [5.74, 6) is 2.19. The Hall–Kier alpha value is -2.78. The van der Waals surface area contributed by atoms with Gasteiger partial charge in [-0.25, -0.2) is 4.79 Å². The van der Waals surface area contributed by atoms with E-state index in [2.05, 4.69) is 46.7 Å². The maximum absolute atomic E-state index is 12.5. The predicted molar refractivity (Wildman–Crippen MR) is 138 cm³/mol. The van der Waals surface area contributed by atoms with E-state index >= 15 is 0 Å². The number of aromatic nitrogens is 3. The van der Waals surface area contributed by atoms with Gasteiger partial charge in [-0.3, -0.25) is 4.79 Å². The van der Waals surface area contributed by atoms with Crippen LogP contribution in [0.4, 0.5) is 5.69 Å². The minimum atomic E-state index is -0.392. The highest BCUT2D eigenvalue weighted by Crippen LogP contribution is 2.22. The minimum Gasteiger partial charge on any atom is -0.462 e. The Bertz CT molecular complexity index is 1100. The normalized spacial score (nSPS) is 10.8. The van der Waals surface area contributed by atoms with Crippen molar-refractivity contribution in [1.29, 1.82) is 0 Å². The number of nitrogens with zero attached hydrogens (tertiary/aromatic N) is 3. The average Bonchev–Trinajstić information content (AvgIpc) is 3.24. The summed E-state index contributed by atoms with van der Waals surface area (Å²) in [6.07, 6.45) is 0.759. The number of thioether (sulfide) groups is 2. The first-order valence-corrected chi connectivity index (χ1v) is 13.4. The summed E-state index contributed by atoms with van der Waals surface area (Å²) >= 11 is 3.14. The molecule has 0 aliphatic carbocycles. The van der Waals surface area contributed by atoms with E-state index < -0.39 is 5.97 Å². The predicted octanol–water partition coefficient (Wildman–Crippen LogP) is 5.34. The number of esters is 1. The van der Waals surface area contributed by atoms with Gasteiger partial charge in [0, 0.05) is 18.0 Å². The van der Waals surface area contributed by atoms with Crippen LogP contribution in [0.5, 0.6) is 0 Å². The molecule has 0 fully saturated rings. The Labute approximate surface area is 209 Å². The molecule has 0 aliphatic rings. The van der Waals surface area contributed by atoms with Crippen LogP contribution < -0.4 is 5.32 Å². The zero-order chi connectivity index (χ0) is 24.3. The minimum absolute atomic E-state index is 0.176. The van der Waals surface area contributed by atoms with Gasteiger partial charge >= 0.3 is 5.97 Å². The number of amides is 1. The standard InChI is InChI=1S/C25H30N4O3S2/c1-4-13-32-24(31)20-7-6-8-21(14-20)26-23(30)17-34-25-28-27-22(29(25)5-2)16-33-15-19-11-9-18(3)10-12-19/h6-12,14H,4-5,13,15-17H2,1-3H3,(H,26,30). The van der Waals surface area contributed by atoms with E-state index in [0.29, 0.717) is 17.9 Å². The summed E-state index contributed by atoms with van der Waals surface area (Å²) in [6, 6.07) is 15.3. The molecule has 180 valence electrons. The number of nitrogens with one attached hydrogen (secondary N) is 1. The first-order chi connectivity index (χ1) is 16.5. The molecule has 0 atom stereocenters. The number of hydrogen-bond acceptors (Lipinski definition) is 7. The van der Waals surface area contributed by atoms with Crippen molar-refractivity contribution in [3.63, 3.8) is 0 Å². The highest BCUT2D eigenvalue weighted by Gasteiger charge is 2.14. The lowest BCUT2D eigenvalue weighted by molar-refractivity contribution is -0.113. The fourth-order valence-electron chi connectivity index (χ4n) is 3.12. The van der Waals surface area contributed by atoms with Crippen LogP contribution in [-0.2, 0) is 27.6 Å². The molecule has 3 aromatic rings. The zero-order valence-electron chi connectivity index (χ0n) is 19.7. The van der Waals surface area contributed by atoms with E-state index in [0.717, 1.165) is 35.5 Å². The Kier molecular flexibility index (Phi) is 10.0. The Morgan fingerprint density at radius 1 is 1.06 bits per heavy atom. The molecule has 0 saturated heterocycles. The molecule has 3 rings (SSSR count). The number of anilines is 1. The molecule has 2 aromatic carbocycles. The lowest BCUT2D eigenvalue weighted by Crippen LogP contribution is -2.15. The number of hydrogen-bond donors (Lipinski definition) is 1. The number of benzene rings is 2. The molecule has 0 saturated carbocycles. The van der Waals surface area contributed by atoms with Crippen LogP contribution >= 0.6 is 23.5 Å².